The number of hydrogen-bond donors (Lipinski definition) is 2. The second kappa shape index (κ2) is 5.41. The molecule has 128 valence electrons. The Hall–Kier alpha value is -2.69. The molecule has 1 atom stereocenters. The molecule has 0 bridgehead atoms. The fourth-order valence-electron chi connectivity index (χ4n) is 4.27. The van der Waals surface area contributed by atoms with Gasteiger partial charge >= 0.3 is 6.09 Å². The molecule has 1 spiro atoms. The number of aryl methyl sites for hydroxylation is 1. The minimum atomic E-state index is -1.19. The summed E-state index contributed by atoms with van der Waals surface area (Å²) in [6.07, 6.45) is 2.81. The monoisotopic (exact) mass is 339 g/mol. The van der Waals surface area contributed by atoms with Crippen LogP contribution < -0.4 is 5.32 Å². The maximum absolute atomic E-state index is 13.5. The van der Waals surface area contributed by atoms with Crippen molar-refractivity contribution in [1.82, 2.24) is 5.32 Å². The first-order valence-electron chi connectivity index (χ1n) is 8.36. The first-order chi connectivity index (χ1) is 12.0. The molecule has 0 aromatic heterocycles. The summed E-state index contributed by atoms with van der Waals surface area (Å²) in [6.45, 7) is 0. The molecule has 1 saturated carbocycles. The van der Waals surface area contributed by atoms with Crippen LogP contribution in [-0.4, -0.2) is 17.5 Å². The SMILES string of the molecule is O=C[C@@]1(NC(=O)O)c2ccc(-c3cccc(F)c3)cc2CCC12CC2. The second-order valence-electron chi connectivity index (χ2n) is 7.02. The van der Waals surface area contributed by atoms with Crippen molar-refractivity contribution in [2.75, 3.05) is 0 Å². The third kappa shape index (κ3) is 2.34. The summed E-state index contributed by atoms with van der Waals surface area (Å²) in [5.74, 6) is -0.304. The second-order valence-corrected chi connectivity index (χ2v) is 7.02. The van der Waals surface area contributed by atoms with Crippen LogP contribution >= 0.6 is 0 Å². The Bertz CT molecular complexity index is 875. The number of carbonyl (C=O) groups excluding carboxylic acids is 1. The number of carbonyl (C=O) groups is 2. The molecule has 2 N–H and O–H groups in total. The molecular weight excluding hydrogens is 321 g/mol. The van der Waals surface area contributed by atoms with Crippen LogP contribution in [-0.2, 0) is 16.8 Å². The van der Waals surface area contributed by atoms with Gasteiger partial charge < -0.3 is 15.2 Å². The molecule has 4 nitrogen and oxygen atoms in total. The van der Waals surface area contributed by atoms with Gasteiger partial charge in [0, 0.05) is 5.41 Å². The van der Waals surface area contributed by atoms with E-state index in [4.69, 9.17) is 0 Å². The van der Waals surface area contributed by atoms with Crippen molar-refractivity contribution in [2.45, 2.75) is 31.2 Å². The van der Waals surface area contributed by atoms with Crippen LogP contribution in [0.2, 0.25) is 0 Å². The lowest BCUT2D eigenvalue weighted by Crippen LogP contribution is -2.55. The first-order valence-corrected chi connectivity index (χ1v) is 8.36. The number of fused-ring (bicyclic) bond motifs is 1. The Morgan fingerprint density at radius 3 is 2.52 bits per heavy atom. The molecule has 0 radical (unpaired) electrons. The standard InChI is InChI=1S/C20H18FNO3/c21-16-3-1-2-13(11-16)14-4-5-17-15(10-14)6-7-19(8-9-19)20(17,12-23)22-18(24)25/h1-5,10-12,22H,6-9H2,(H,24,25)/t20-/m1/s1. The smallest absolute Gasteiger partial charge is 0.405 e. The van der Waals surface area contributed by atoms with E-state index in [-0.39, 0.29) is 11.2 Å². The fourth-order valence-corrected chi connectivity index (χ4v) is 4.27. The summed E-state index contributed by atoms with van der Waals surface area (Å²) in [7, 11) is 0. The lowest BCUT2D eigenvalue weighted by molar-refractivity contribution is -0.116. The Kier molecular flexibility index (Phi) is 3.42. The summed E-state index contributed by atoms with van der Waals surface area (Å²) in [4.78, 5) is 23.4. The summed E-state index contributed by atoms with van der Waals surface area (Å²) in [5.41, 5.74) is 1.80. The minimum Gasteiger partial charge on any atom is -0.465 e. The zero-order chi connectivity index (χ0) is 17.7. The van der Waals surface area contributed by atoms with E-state index in [9.17, 15) is 19.1 Å². The molecule has 2 aromatic rings. The molecule has 2 aromatic carbocycles. The highest BCUT2D eigenvalue weighted by Gasteiger charge is 2.63. The van der Waals surface area contributed by atoms with Crippen LogP contribution in [0.3, 0.4) is 0 Å². The van der Waals surface area contributed by atoms with E-state index in [2.05, 4.69) is 5.32 Å². The summed E-state index contributed by atoms with van der Waals surface area (Å²) in [5, 5.41) is 11.8. The largest absolute Gasteiger partial charge is 0.465 e. The van der Waals surface area contributed by atoms with Gasteiger partial charge in [-0.1, -0.05) is 30.3 Å². The average Bonchev–Trinajstić information content (AvgIpc) is 3.38. The van der Waals surface area contributed by atoms with E-state index >= 15 is 0 Å². The number of aldehydes is 1. The van der Waals surface area contributed by atoms with E-state index in [1.54, 1.807) is 6.07 Å². The van der Waals surface area contributed by atoms with Gasteiger partial charge in [-0.2, -0.15) is 0 Å². The highest BCUT2D eigenvalue weighted by atomic mass is 19.1. The van der Waals surface area contributed by atoms with Crippen molar-refractivity contribution in [2.24, 2.45) is 5.41 Å². The zero-order valence-corrected chi connectivity index (χ0v) is 13.6. The van der Waals surface area contributed by atoms with Crippen molar-refractivity contribution in [3.63, 3.8) is 0 Å². The molecule has 0 unspecified atom stereocenters. The van der Waals surface area contributed by atoms with Gasteiger partial charge in [0.1, 0.15) is 11.4 Å². The van der Waals surface area contributed by atoms with Gasteiger partial charge in [-0.25, -0.2) is 9.18 Å². The molecule has 4 rings (SSSR count). The van der Waals surface area contributed by atoms with Crippen LogP contribution in [0.5, 0.6) is 0 Å². The van der Waals surface area contributed by atoms with E-state index in [1.807, 2.05) is 24.3 Å². The third-order valence-corrected chi connectivity index (χ3v) is 5.73. The molecule has 0 aliphatic heterocycles. The van der Waals surface area contributed by atoms with Crippen molar-refractivity contribution in [3.05, 3.63) is 59.4 Å². The number of nitrogens with one attached hydrogen (secondary N) is 1. The summed E-state index contributed by atoms with van der Waals surface area (Å²) in [6, 6.07) is 11.9. The van der Waals surface area contributed by atoms with Crippen LogP contribution in [0.15, 0.2) is 42.5 Å². The van der Waals surface area contributed by atoms with E-state index in [0.29, 0.717) is 0 Å². The maximum atomic E-state index is 13.5. The van der Waals surface area contributed by atoms with Crippen LogP contribution in [0.25, 0.3) is 11.1 Å². The number of rotatable bonds is 3. The lowest BCUT2D eigenvalue weighted by atomic mass is 9.67. The normalized spacial score (nSPS) is 22.9. The van der Waals surface area contributed by atoms with E-state index in [0.717, 1.165) is 54.2 Å². The van der Waals surface area contributed by atoms with Crippen molar-refractivity contribution >= 4 is 12.4 Å². The highest BCUT2D eigenvalue weighted by Crippen LogP contribution is 2.63. The van der Waals surface area contributed by atoms with Crippen molar-refractivity contribution in [3.8, 4) is 11.1 Å². The van der Waals surface area contributed by atoms with E-state index in [1.165, 1.54) is 12.1 Å². The number of amides is 1. The van der Waals surface area contributed by atoms with Crippen LogP contribution in [0, 0.1) is 11.2 Å². The molecule has 5 heteroatoms. The molecule has 0 heterocycles. The molecular formula is C20H18FNO3. The highest BCUT2D eigenvalue weighted by molar-refractivity contribution is 5.81. The first kappa shape index (κ1) is 15.8. The quantitative estimate of drug-likeness (QED) is 0.834. The number of halogens is 1. The molecule has 2 aliphatic rings. The zero-order valence-electron chi connectivity index (χ0n) is 13.6. The molecule has 0 saturated heterocycles. The predicted molar refractivity (Wildman–Crippen MR) is 90.7 cm³/mol. The predicted octanol–water partition coefficient (Wildman–Crippen LogP) is 3.88. The van der Waals surface area contributed by atoms with Gasteiger partial charge in [-0.15, -0.1) is 0 Å². The topological polar surface area (TPSA) is 66.4 Å². The van der Waals surface area contributed by atoms with Crippen LogP contribution in [0.1, 0.15) is 30.4 Å². The number of hydrogen-bond acceptors (Lipinski definition) is 2. The number of benzene rings is 2. The van der Waals surface area contributed by atoms with Gasteiger partial charge in [0.2, 0.25) is 0 Å². The van der Waals surface area contributed by atoms with E-state index < -0.39 is 11.6 Å². The molecule has 2 aliphatic carbocycles. The summed E-state index contributed by atoms with van der Waals surface area (Å²) >= 11 is 0. The van der Waals surface area contributed by atoms with Gasteiger partial charge in [0.05, 0.1) is 0 Å². The van der Waals surface area contributed by atoms with Crippen molar-refractivity contribution in [1.29, 1.82) is 0 Å². The Balaban J connectivity index is 1.83. The van der Waals surface area contributed by atoms with Gasteiger partial charge in [-0.05, 0) is 60.1 Å². The lowest BCUT2D eigenvalue weighted by Gasteiger charge is -2.42. The Morgan fingerprint density at radius 2 is 1.88 bits per heavy atom. The van der Waals surface area contributed by atoms with Gasteiger partial charge in [0.15, 0.2) is 6.29 Å². The Labute approximate surface area is 144 Å². The molecule has 1 amide bonds. The average molecular weight is 339 g/mol. The number of carboxylic acid groups (broad SMARTS) is 1. The molecule has 1 fully saturated rings. The Morgan fingerprint density at radius 1 is 1.12 bits per heavy atom. The van der Waals surface area contributed by atoms with Gasteiger partial charge in [-0.3, -0.25) is 0 Å². The third-order valence-electron chi connectivity index (χ3n) is 5.73. The minimum absolute atomic E-state index is 0.304. The van der Waals surface area contributed by atoms with Gasteiger partial charge in [0.25, 0.3) is 0 Å². The van der Waals surface area contributed by atoms with Crippen LogP contribution in [0.4, 0.5) is 9.18 Å². The molecule has 25 heavy (non-hydrogen) atoms. The maximum Gasteiger partial charge on any atom is 0.405 e. The fraction of sp³-hybridized carbons (Fsp3) is 0.300. The van der Waals surface area contributed by atoms with Crippen molar-refractivity contribution < 1.29 is 19.1 Å². The summed E-state index contributed by atoms with van der Waals surface area (Å²) < 4.78 is 13.5.